The van der Waals surface area contributed by atoms with Crippen LogP contribution in [0.1, 0.15) is 65.2 Å². The van der Waals surface area contributed by atoms with Gasteiger partial charge in [0.25, 0.3) is 0 Å². The van der Waals surface area contributed by atoms with Crippen molar-refractivity contribution >= 4 is 0 Å². The Morgan fingerprint density at radius 1 is 1.05 bits per heavy atom. The van der Waals surface area contributed by atoms with Gasteiger partial charge < -0.3 is 15.3 Å². The molecule has 3 nitrogen and oxygen atoms in total. The van der Waals surface area contributed by atoms with Crippen LogP contribution in [0.5, 0.6) is 0 Å². The van der Waals surface area contributed by atoms with E-state index in [1.807, 2.05) is 0 Å². The molecule has 0 spiro atoms. The van der Waals surface area contributed by atoms with Gasteiger partial charge in [-0.2, -0.15) is 0 Å². The Morgan fingerprint density at radius 2 is 1.67 bits per heavy atom. The largest absolute Gasteiger partial charge is 0.389 e. The van der Waals surface area contributed by atoms with Crippen molar-refractivity contribution in [1.29, 1.82) is 0 Å². The fourth-order valence-electron chi connectivity index (χ4n) is 4.92. The molecule has 3 fully saturated rings. The molecular formula is C18H34N2O. The van der Waals surface area contributed by atoms with E-state index in [0.717, 1.165) is 31.2 Å². The topological polar surface area (TPSA) is 35.5 Å². The van der Waals surface area contributed by atoms with Crippen LogP contribution < -0.4 is 5.32 Å². The number of nitrogens with zero attached hydrogens (tertiary/aromatic N) is 1. The van der Waals surface area contributed by atoms with Gasteiger partial charge in [0.05, 0.1) is 5.60 Å². The first-order valence-corrected chi connectivity index (χ1v) is 9.27. The quantitative estimate of drug-likeness (QED) is 0.837. The summed E-state index contributed by atoms with van der Waals surface area (Å²) in [6.45, 7) is 7.99. The first-order chi connectivity index (χ1) is 10.1. The van der Waals surface area contributed by atoms with Crippen LogP contribution in [0.4, 0.5) is 0 Å². The Hall–Kier alpha value is -0.120. The van der Waals surface area contributed by atoms with Gasteiger partial charge in [0.1, 0.15) is 0 Å². The number of hydrogen-bond acceptors (Lipinski definition) is 3. The molecular weight excluding hydrogens is 260 g/mol. The Kier molecular flexibility index (Phi) is 4.92. The molecule has 2 unspecified atom stereocenters. The second kappa shape index (κ2) is 6.55. The monoisotopic (exact) mass is 294 g/mol. The van der Waals surface area contributed by atoms with E-state index in [2.05, 4.69) is 24.1 Å². The third-order valence-corrected chi connectivity index (χ3v) is 6.28. The maximum Gasteiger partial charge on any atom is 0.0771 e. The highest BCUT2D eigenvalue weighted by atomic mass is 16.3. The molecule has 21 heavy (non-hydrogen) atoms. The van der Waals surface area contributed by atoms with Gasteiger partial charge >= 0.3 is 0 Å². The molecule has 1 saturated heterocycles. The molecule has 2 N–H and O–H groups in total. The summed E-state index contributed by atoms with van der Waals surface area (Å²) >= 11 is 0. The maximum absolute atomic E-state index is 10.7. The van der Waals surface area contributed by atoms with E-state index < -0.39 is 5.60 Å². The standard InChI is InChI=1S/C18H34N2O/c1-14(2)20-11-15-7-6-8-16(12-20)17(15)19-13-18(21)9-4-3-5-10-18/h14-17,19,21H,3-13H2,1-2H3. The summed E-state index contributed by atoms with van der Waals surface area (Å²) in [5.41, 5.74) is -0.415. The van der Waals surface area contributed by atoms with E-state index >= 15 is 0 Å². The number of fused-ring (bicyclic) bond motifs is 2. The van der Waals surface area contributed by atoms with E-state index in [-0.39, 0.29) is 0 Å². The third kappa shape index (κ3) is 3.62. The first-order valence-electron chi connectivity index (χ1n) is 9.27. The normalized spacial score (nSPS) is 36.9. The fourth-order valence-corrected chi connectivity index (χ4v) is 4.92. The minimum Gasteiger partial charge on any atom is -0.389 e. The average Bonchev–Trinajstić information content (AvgIpc) is 2.45. The molecule has 0 radical (unpaired) electrons. The van der Waals surface area contributed by atoms with Crippen LogP contribution in [0.25, 0.3) is 0 Å². The third-order valence-electron chi connectivity index (χ3n) is 6.28. The highest BCUT2D eigenvalue weighted by molar-refractivity contribution is 4.97. The van der Waals surface area contributed by atoms with Gasteiger partial charge in [0.15, 0.2) is 0 Å². The summed E-state index contributed by atoms with van der Waals surface area (Å²) in [6.07, 6.45) is 9.86. The van der Waals surface area contributed by atoms with Crippen LogP contribution in [-0.2, 0) is 0 Å². The van der Waals surface area contributed by atoms with Crippen LogP contribution in [0.15, 0.2) is 0 Å². The Balaban J connectivity index is 1.58. The lowest BCUT2D eigenvalue weighted by molar-refractivity contribution is -0.0176. The number of piperidine rings is 1. The van der Waals surface area contributed by atoms with Crippen molar-refractivity contribution in [3.63, 3.8) is 0 Å². The fraction of sp³-hybridized carbons (Fsp3) is 1.00. The van der Waals surface area contributed by atoms with Gasteiger partial charge in [-0.05, 0) is 51.4 Å². The molecule has 2 aliphatic carbocycles. The summed E-state index contributed by atoms with van der Waals surface area (Å²) in [5.74, 6) is 1.60. The Bertz CT molecular complexity index is 324. The number of hydrogen-bond donors (Lipinski definition) is 2. The molecule has 0 aromatic rings. The van der Waals surface area contributed by atoms with E-state index in [0.29, 0.717) is 12.1 Å². The zero-order valence-corrected chi connectivity index (χ0v) is 14.0. The average molecular weight is 294 g/mol. The highest BCUT2D eigenvalue weighted by Crippen LogP contribution is 2.36. The molecule has 0 aromatic heterocycles. The van der Waals surface area contributed by atoms with Crippen molar-refractivity contribution in [3.8, 4) is 0 Å². The molecule has 2 atom stereocenters. The van der Waals surface area contributed by atoms with Gasteiger partial charge in [0.2, 0.25) is 0 Å². The molecule has 3 rings (SSSR count). The minimum absolute atomic E-state index is 0.415. The van der Waals surface area contributed by atoms with E-state index in [1.165, 1.54) is 51.6 Å². The van der Waals surface area contributed by atoms with E-state index in [4.69, 9.17) is 0 Å². The SMILES string of the molecule is CC(C)N1CC2CCCC(C1)C2NCC1(O)CCCCC1. The lowest BCUT2D eigenvalue weighted by Crippen LogP contribution is -2.60. The minimum atomic E-state index is -0.415. The first kappa shape index (κ1) is 15.8. The second-order valence-electron chi connectivity index (χ2n) is 8.19. The highest BCUT2D eigenvalue weighted by Gasteiger charge is 2.41. The maximum atomic E-state index is 10.7. The van der Waals surface area contributed by atoms with Crippen molar-refractivity contribution in [2.24, 2.45) is 11.8 Å². The van der Waals surface area contributed by atoms with Gasteiger partial charge in [-0.25, -0.2) is 0 Å². The van der Waals surface area contributed by atoms with Gasteiger partial charge in [-0.15, -0.1) is 0 Å². The van der Waals surface area contributed by atoms with Crippen LogP contribution in [0, 0.1) is 11.8 Å². The van der Waals surface area contributed by atoms with Crippen molar-refractivity contribution in [2.45, 2.75) is 82.9 Å². The zero-order chi connectivity index (χ0) is 14.9. The molecule has 2 saturated carbocycles. The van der Waals surface area contributed by atoms with E-state index in [9.17, 15) is 5.11 Å². The lowest BCUT2D eigenvalue weighted by Gasteiger charge is -2.50. The summed E-state index contributed by atoms with van der Waals surface area (Å²) in [7, 11) is 0. The zero-order valence-electron chi connectivity index (χ0n) is 14.0. The number of rotatable bonds is 4. The Labute approximate surface area is 130 Å². The number of nitrogens with one attached hydrogen (secondary N) is 1. The van der Waals surface area contributed by atoms with Crippen LogP contribution in [0.3, 0.4) is 0 Å². The summed E-state index contributed by atoms with van der Waals surface area (Å²) in [5, 5.41) is 14.5. The van der Waals surface area contributed by atoms with Gasteiger partial charge in [0, 0.05) is 31.7 Å². The lowest BCUT2D eigenvalue weighted by atomic mass is 9.72. The van der Waals surface area contributed by atoms with Crippen molar-refractivity contribution < 1.29 is 5.11 Å². The van der Waals surface area contributed by atoms with E-state index in [1.54, 1.807) is 0 Å². The summed E-state index contributed by atoms with van der Waals surface area (Å²) < 4.78 is 0. The molecule has 1 aliphatic heterocycles. The van der Waals surface area contributed by atoms with Gasteiger partial charge in [-0.3, -0.25) is 0 Å². The Morgan fingerprint density at radius 3 is 2.24 bits per heavy atom. The molecule has 3 heteroatoms. The predicted molar refractivity (Wildman–Crippen MR) is 87.4 cm³/mol. The summed E-state index contributed by atoms with van der Waals surface area (Å²) in [6, 6.07) is 1.33. The molecule has 122 valence electrons. The smallest absolute Gasteiger partial charge is 0.0771 e. The van der Waals surface area contributed by atoms with Crippen molar-refractivity contribution in [3.05, 3.63) is 0 Å². The van der Waals surface area contributed by atoms with Crippen LogP contribution in [0.2, 0.25) is 0 Å². The van der Waals surface area contributed by atoms with Crippen molar-refractivity contribution in [1.82, 2.24) is 10.2 Å². The molecule has 2 bridgehead atoms. The molecule has 3 aliphatic rings. The van der Waals surface area contributed by atoms with Crippen molar-refractivity contribution in [2.75, 3.05) is 19.6 Å². The predicted octanol–water partition coefficient (Wildman–Crippen LogP) is 2.78. The molecule has 0 amide bonds. The van der Waals surface area contributed by atoms with Crippen LogP contribution in [-0.4, -0.2) is 47.3 Å². The number of likely N-dealkylation sites (tertiary alicyclic amines) is 1. The van der Waals surface area contributed by atoms with Gasteiger partial charge in [-0.1, -0.05) is 25.7 Å². The molecule has 0 aromatic carbocycles. The summed E-state index contributed by atoms with van der Waals surface area (Å²) in [4.78, 5) is 2.67. The second-order valence-corrected chi connectivity index (χ2v) is 8.19. The van der Waals surface area contributed by atoms with Crippen LogP contribution >= 0.6 is 0 Å². The number of aliphatic hydroxyl groups is 1. The molecule has 1 heterocycles.